The van der Waals surface area contributed by atoms with Crippen LogP contribution in [0.15, 0.2) is 65.0 Å². The van der Waals surface area contributed by atoms with Crippen molar-refractivity contribution in [2.24, 2.45) is 4.99 Å². The predicted octanol–water partition coefficient (Wildman–Crippen LogP) is 5.19. The number of thiazole rings is 1. The Labute approximate surface area is 168 Å². The van der Waals surface area contributed by atoms with E-state index in [9.17, 15) is 0 Å². The number of benzene rings is 2. The van der Waals surface area contributed by atoms with Crippen LogP contribution in [0.2, 0.25) is 0 Å². The second kappa shape index (κ2) is 10.0. The van der Waals surface area contributed by atoms with Crippen molar-refractivity contribution in [2.75, 3.05) is 18.0 Å². The van der Waals surface area contributed by atoms with E-state index < -0.39 is 0 Å². The van der Waals surface area contributed by atoms with Crippen molar-refractivity contribution in [3.05, 3.63) is 65.5 Å². The first-order chi connectivity index (χ1) is 13.8. The topological polar surface area (TPSA) is 76.1 Å². The second-order valence-electron chi connectivity index (χ2n) is 6.03. The SMILES string of the molecule is N#CCCN(CCC#N)c1ccc(C=Nc2nc(-c3ccccc3)cs2)cc1. The van der Waals surface area contributed by atoms with Gasteiger partial charge in [0.15, 0.2) is 0 Å². The highest BCUT2D eigenvalue weighted by Crippen LogP contribution is 2.26. The molecular weight excluding hydrogens is 366 g/mol. The van der Waals surface area contributed by atoms with Crippen molar-refractivity contribution in [3.8, 4) is 23.4 Å². The molecule has 2 aromatic carbocycles. The fourth-order valence-electron chi connectivity index (χ4n) is 2.71. The van der Waals surface area contributed by atoms with Crippen molar-refractivity contribution in [1.82, 2.24) is 4.98 Å². The van der Waals surface area contributed by atoms with Crippen LogP contribution >= 0.6 is 11.3 Å². The van der Waals surface area contributed by atoms with E-state index in [1.54, 1.807) is 6.21 Å². The highest BCUT2D eigenvalue weighted by Gasteiger charge is 2.06. The van der Waals surface area contributed by atoms with E-state index in [0.717, 1.165) is 22.5 Å². The summed E-state index contributed by atoms with van der Waals surface area (Å²) in [6.07, 6.45) is 2.66. The Hall–Kier alpha value is -3.48. The Morgan fingerprint density at radius 1 is 0.964 bits per heavy atom. The van der Waals surface area contributed by atoms with Crippen LogP contribution in [-0.2, 0) is 0 Å². The van der Waals surface area contributed by atoms with Crippen LogP contribution in [0.3, 0.4) is 0 Å². The minimum absolute atomic E-state index is 0.433. The normalized spacial score (nSPS) is 10.5. The number of hydrogen-bond donors (Lipinski definition) is 0. The number of nitriles is 2. The van der Waals surface area contributed by atoms with E-state index >= 15 is 0 Å². The summed E-state index contributed by atoms with van der Waals surface area (Å²) >= 11 is 1.51. The summed E-state index contributed by atoms with van der Waals surface area (Å²) in [7, 11) is 0. The van der Waals surface area contributed by atoms with Gasteiger partial charge in [0.05, 0.1) is 30.7 Å². The average molecular weight is 385 g/mol. The predicted molar refractivity (Wildman–Crippen MR) is 114 cm³/mol. The van der Waals surface area contributed by atoms with Crippen molar-refractivity contribution in [3.63, 3.8) is 0 Å². The molecule has 1 heterocycles. The molecule has 3 aromatic rings. The van der Waals surface area contributed by atoms with E-state index in [2.05, 4.69) is 27.0 Å². The zero-order valence-corrected chi connectivity index (χ0v) is 16.1. The maximum absolute atomic E-state index is 8.82. The molecule has 0 saturated heterocycles. The quantitative estimate of drug-likeness (QED) is 0.500. The first-order valence-electron chi connectivity index (χ1n) is 8.94. The molecule has 0 atom stereocenters. The molecule has 0 aliphatic rings. The van der Waals surface area contributed by atoms with Gasteiger partial charge in [0, 0.05) is 35.9 Å². The van der Waals surface area contributed by atoms with Gasteiger partial charge in [-0.15, -0.1) is 11.3 Å². The average Bonchev–Trinajstić information content (AvgIpc) is 3.23. The monoisotopic (exact) mass is 385 g/mol. The Balaban J connectivity index is 1.67. The number of nitrogens with zero attached hydrogens (tertiary/aromatic N) is 5. The molecule has 0 amide bonds. The van der Waals surface area contributed by atoms with E-state index in [4.69, 9.17) is 10.5 Å². The maximum atomic E-state index is 8.82. The lowest BCUT2D eigenvalue weighted by Gasteiger charge is -2.22. The maximum Gasteiger partial charge on any atom is 0.209 e. The van der Waals surface area contributed by atoms with E-state index in [-0.39, 0.29) is 0 Å². The first-order valence-corrected chi connectivity index (χ1v) is 9.82. The van der Waals surface area contributed by atoms with Crippen LogP contribution in [0, 0.1) is 22.7 Å². The van der Waals surface area contributed by atoms with Gasteiger partial charge in [-0.2, -0.15) is 10.5 Å². The third kappa shape index (κ3) is 5.26. The molecule has 0 saturated carbocycles. The van der Waals surface area contributed by atoms with Gasteiger partial charge in [-0.25, -0.2) is 9.98 Å². The zero-order valence-electron chi connectivity index (χ0n) is 15.3. The molecule has 0 unspecified atom stereocenters. The molecule has 0 aliphatic heterocycles. The molecule has 0 bridgehead atoms. The Morgan fingerprint density at radius 2 is 1.64 bits per heavy atom. The standard InChI is InChI=1S/C22H19N5S/c23-12-4-14-27(15-5-13-24)20-10-8-18(9-11-20)16-25-22-26-21(17-28-22)19-6-2-1-3-7-19/h1-3,6-11,16-17H,4-5,14-15H2. The third-order valence-electron chi connectivity index (χ3n) is 4.13. The number of hydrogen-bond acceptors (Lipinski definition) is 6. The van der Waals surface area contributed by atoms with Gasteiger partial charge < -0.3 is 4.90 Å². The molecule has 6 heteroatoms. The second-order valence-corrected chi connectivity index (χ2v) is 6.87. The van der Waals surface area contributed by atoms with Gasteiger partial charge >= 0.3 is 0 Å². The lowest BCUT2D eigenvalue weighted by atomic mass is 10.2. The lowest BCUT2D eigenvalue weighted by molar-refractivity contribution is 0.796. The molecule has 0 N–H and O–H groups in total. The van der Waals surface area contributed by atoms with Gasteiger partial charge in [0.25, 0.3) is 0 Å². The Bertz CT molecular complexity index is 976. The van der Waals surface area contributed by atoms with Crippen molar-refractivity contribution in [2.45, 2.75) is 12.8 Å². The first kappa shape index (κ1) is 19.3. The van der Waals surface area contributed by atoms with Crippen LogP contribution in [0.25, 0.3) is 11.3 Å². The summed E-state index contributed by atoms with van der Waals surface area (Å²) in [5.74, 6) is 0. The molecule has 1 aromatic heterocycles. The Kier molecular flexibility index (Phi) is 6.89. The van der Waals surface area contributed by atoms with Gasteiger partial charge in [0.1, 0.15) is 0 Å². The molecule has 0 radical (unpaired) electrons. The highest BCUT2D eigenvalue weighted by molar-refractivity contribution is 7.13. The smallest absolute Gasteiger partial charge is 0.209 e. The van der Waals surface area contributed by atoms with E-state index in [1.807, 2.05) is 60.0 Å². The van der Waals surface area contributed by atoms with Crippen LogP contribution < -0.4 is 4.90 Å². The molecule has 0 spiro atoms. The summed E-state index contributed by atoms with van der Waals surface area (Å²) in [5.41, 5.74) is 3.99. The zero-order chi connectivity index (χ0) is 19.6. The molecule has 0 aliphatic carbocycles. The molecule has 138 valence electrons. The summed E-state index contributed by atoms with van der Waals surface area (Å²) in [6, 6.07) is 22.3. The van der Waals surface area contributed by atoms with Gasteiger partial charge in [-0.1, -0.05) is 42.5 Å². The van der Waals surface area contributed by atoms with Gasteiger partial charge in [-0.3, -0.25) is 0 Å². The summed E-state index contributed by atoms with van der Waals surface area (Å²) in [4.78, 5) is 11.1. The van der Waals surface area contributed by atoms with Crippen molar-refractivity contribution >= 4 is 28.4 Å². The van der Waals surface area contributed by atoms with E-state index in [0.29, 0.717) is 31.1 Å². The van der Waals surface area contributed by atoms with Gasteiger partial charge in [-0.05, 0) is 17.7 Å². The summed E-state index contributed by atoms with van der Waals surface area (Å²) < 4.78 is 0. The molecule has 28 heavy (non-hydrogen) atoms. The fraction of sp³-hybridized carbons (Fsp3) is 0.182. The van der Waals surface area contributed by atoms with Crippen LogP contribution in [0.5, 0.6) is 0 Å². The molecule has 5 nitrogen and oxygen atoms in total. The van der Waals surface area contributed by atoms with E-state index in [1.165, 1.54) is 11.3 Å². The largest absolute Gasteiger partial charge is 0.369 e. The minimum Gasteiger partial charge on any atom is -0.369 e. The summed E-state index contributed by atoms with van der Waals surface area (Å²) in [6.45, 7) is 1.24. The number of rotatable bonds is 8. The number of anilines is 1. The lowest BCUT2D eigenvalue weighted by Crippen LogP contribution is -2.25. The number of aromatic nitrogens is 1. The fourth-order valence-corrected chi connectivity index (χ4v) is 3.38. The molecular formula is C22H19N5S. The van der Waals surface area contributed by atoms with Crippen LogP contribution in [0.4, 0.5) is 10.8 Å². The Morgan fingerprint density at radius 3 is 2.29 bits per heavy atom. The van der Waals surface area contributed by atoms with Crippen LogP contribution in [-0.4, -0.2) is 24.3 Å². The van der Waals surface area contributed by atoms with Crippen molar-refractivity contribution in [1.29, 1.82) is 10.5 Å². The number of aliphatic imine (C=N–C) groups is 1. The third-order valence-corrected chi connectivity index (χ3v) is 4.88. The van der Waals surface area contributed by atoms with Gasteiger partial charge in [0.2, 0.25) is 5.13 Å². The van der Waals surface area contributed by atoms with Crippen LogP contribution in [0.1, 0.15) is 18.4 Å². The minimum atomic E-state index is 0.433. The summed E-state index contributed by atoms with van der Waals surface area (Å²) in [5, 5.41) is 20.4. The highest BCUT2D eigenvalue weighted by atomic mass is 32.1. The molecule has 0 fully saturated rings. The molecule has 3 rings (SSSR count). The van der Waals surface area contributed by atoms with Crippen molar-refractivity contribution < 1.29 is 0 Å².